The highest BCUT2D eigenvalue weighted by Gasteiger charge is 2.14. The first-order valence-corrected chi connectivity index (χ1v) is 10.9. The molecule has 3 N–H and O–H groups in total. The minimum atomic E-state index is 0.691. The number of thioether (sulfide) groups is 1. The number of fused-ring (bicyclic) bond motifs is 1. The number of aromatic nitrogens is 2. The van der Waals surface area contributed by atoms with Gasteiger partial charge in [0, 0.05) is 22.6 Å². The molecule has 4 aromatic rings. The summed E-state index contributed by atoms with van der Waals surface area (Å²) in [5.41, 5.74) is 13.0. The molecular formula is C25H25N3S. The van der Waals surface area contributed by atoms with Crippen molar-refractivity contribution in [1.29, 1.82) is 0 Å². The molecule has 146 valence electrons. The normalized spacial score (nSPS) is 12.2. The van der Waals surface area contributed by atoms with E-state index in [1.807, 2.05) is 6.20 Å². The fraction of sp³-hybridized carbons (Fsp3) is 0.160. The number of benzene rings is 3. The molecule has 0 fully saturated rings. The summed E-state index contributed by atoms with van der Waals surface area (Å²) in [6, 6.07) is 26.0. The number of rotatable bonds is 7. The molecule has 0 spiro atoms. The summed E-state index contributed by atoms with van der Waals surface area (Å²) in [5, 5.41) is 8.36. The summed E-state index contributed by atoms with van der Waals surface area (Å²) in [5.74, 6) is 0.934. The number of allylic oxidation sites excluding steroid dienone is 1. The first-order chi connectivity index (χ1) is 14.3. The van der Waals surface area contributed by atoms with E-state index in [4.69, 9.17) is 5.73 Å². The summed E-state index contributed by atoms with van der Waals surface area (Å²) >= 11 is 1.80. The lowest BCUT2D eigenvalue weighted by molar-refractivity contribution is 1.12. The predicted molar refractivity (Wildman–Crippen MR) is 125 cm³/mol. The van der Waals surface area contributed by atoms with Crippen LogP contribution < -0.4 is 5.73 Å². The van der Waals surface area contributed by atoms with Gasteiger partial charge < -0.3 is 5.73 Å². The van der Waals surface area contributed by atoms with Gasteiger partial charge in [0.1, 0.15) is 0 Å². The van der Waals surface area contributed by atoms with Gasteiger partial charge in [-0.3, -0.25) is 5.10 Å². The van der Waals surface area contributed by atoms with E-state index in [-0.39, 0.29) is 0 Å². The zero-order valence-electron chi connectivity index (χ0n) is 16.6. The van der Waals surface area contributed by atoms with E-state index in [0.29, 0.717) is 6.54 Å². The maximum absolute atomic E-state index is 5.65. The molecule has 0 bridgehead atoms. The second kappa shape index (κ2) is 9.12. The van der Waals surface area contributed by atoms with Crippen LogP contribution in [0.15, 0.2) is 83.9 Å². The number of nitrogens with two attached hydrogens (primary N) is 1. The zero-order chi connectivity index (χ0) is 20.1. The second-order valence-electron chi connectivity index (χ2n) is 6.91. The summed E-state index contributed by atoms with van der Waals surface area (Å²) in [6.45, 7) is 2.92. The van der Waals surface area contributed by atoms with E-state index in [1.165, 1.54) is 32.7 Å². The van der Waals surface area contributed by atoms with Gasteiger partial charge in [0.05, 0.1) is 11.7 Å². The van der Waals surface area contributed by atoms with E-state index >= 15 is 0 Å². The molecule has 0 saturated heterocycles. The van der Waals surface area contributed by atoms with Gasteiger partial charge in [-0.25, -0.2) is 0 Å². The van der Waals surface area contributed by atoms with Gasteiger partial charge >= 0.3 is 0 Å². The van der Waals surface area contributed by atoms with Crippen LogP contribution in [0.2, 0.25) is 0 Å². The van der Waals surface area contributed by atoms with Gasteiger partial charge in [0.2, 0.25) is 0 Å². The molecule has 0 aliphatic rings. The van der Waals surface area contributed by atoms with E-state index < -0.39 is 0 Å². The molecule has 0 atom stereocenters. The highest BCUT2D eigenvalue weighted by atomic mass is 32.2. The molecule has 0 unspecified atom stereocenters. The molecule has 0 aliphatic heterocycles. The lowest BCUT2D eigenvalue weighted by Gasteiger charge is -2.17. The monoisotopic (exact) mass is 399 g/mol. The third kappa shape index (κ3) is 4.29. The van der Waals surface area contributed by atoms with Crippen LogP contribution in [-0.4, -0.2) is 22.5 Å². The van der Waals surface area contributed by atoms with E-state index in [1.54, 1.807) is 11.8 Å². The molecular weight excluding hydrogens is 374 g/mol. The molecule has 3 aromatic carbocycles. The standard InChI is InChI=1S/C25H25N3S/c1-2-23(18-6-4-3-5-7-18)25(19-8-11-22(12-9-19)29-15-14-26)20-10-13-24-21(16-20)17-27-28-24/h3-13,16-17H,2,14-15,26H2,1H3,(H,27,28). The van der Waals surface area contributed by atoms with E-state index in [2.05, 4.69) is 89.9 Å². The van der Waals surface area contributed by atoms with Crippen molar-refractivity contribution in [1.82, 2.24) is 10.2 Å². The van der Waals surface area contributed by atoms with Crippen molar-refractivity contribution >= 4 is 33.8 Å². The first kappa shape index (κ1) is 19.5. The smallest absolute Gasteiger partial charge is 0.0650 e. The molecule has 3 nitrogen and oxygen atoms in total. The fourth-order valence-electron chi connectivity index (χ4n) is 3.67. The summed E-state index contributed by atoms with van der Waals surface area (Å²) in [6.07, 6.45) is 2.84. The van der Waals surface area contributed by atoms with Crippen molar-refractivity contribution in [2.75, 3.05) is 12.3 Å². The quantitative estimate of drug-likeness (QED) is 0.297. The molecule has 0 amide bonds. The van der Waals surface area contributed by atoms with Gasteiger partial charge in [-0.15, -0.1) is 11.8 Å². The molecule has 29 heavy (non-hydrogen) atoms. The number of nitrogens with zero attached hydrogens (tertiary/aromatic N) is 1. The number of aromatic amines is 1. The lowest BCUT2D eigenvalue weighted by atomic mass is 9.88. The van der Waals surface area contributed by atoms with Crippen molar-refractivity contribution < 1.29 is 0 Å². The topological polar surface area (TPSA) is 54.7 Å². The molecule has 4 rings (SSSR count). The average Bonchev–Trinajstić information content (AvgIpc) is 3.25. The van der Waals surface area contributed by atoms with Crippen molar-refractivity contribution in [3.05, 3.63) is 95.7 Å². The molecule has 0 aliphatic carbocycles. The Morgan fingerprint density at radius 2 is 1.69 bits per heavy atom. The van der Waals surface area contributed by atoms with Gasteiger partial charge in [0.25, 0.3) is 0 Å². The Morgan fingerprint density at radius 3 is 2.41 bits per heavy atom. The van der Waals surface area contributed by atoms with Crippen LogP contribution in [0.1, 0.15) is 30.0 Å². The largest absolute Gasteiger partial charge is 0.330 e. The van der Waals surface area contributed by atoms with Gasteiger partial charge in [-0.1, -0.05) is 55.5 Å². The third-order valence-electron chi connectivity index (χ3n) is 5.04. The van der Waals surface area contributed by atoms with Crippen molar-refractivity contribution in [2.24, 2.45) is 5.73 Å². The Balaban J connectivity index is 1.88. The SMILES string of the molecule is CCC(=C(c1ccc(SCCN)cc1)c1ccc2[nH]ncc2c1)c1ccccc1. The van der Waals surface area contributed by atoms with Crippen LogP contribution >= 0.6 is 11.8 Å². The van der Waals surface area contributed by atoms with E-state index in [0.717, 1.165) is 23.1 Å². The van der Waals surface area contributed by atoms with Crippen molar-refractivity contribution in [3.8, 4) is 0 Å². The Bertz CT molecular complexity index is 1110. The Labute approximate surface area is 176 Å². The number of H-pyrrole nitrogens is 1. The van der Waals surface area contributed by atoms with Crippen LogP contribution in [0, 0.1) is 0 Å². The first-order valence-electron chi connectivity index (χ1n) is 9.95. The van der Waals surface area contributed by atoms with Crippen LogP contribution in [0.5, 0.6) is 0 Å². The predicted octanol–water partition coefficient (Wildman–Crippen LogP) is 5.98. The highest BCUT2D eigenvalue weighted by molar-refractivity contribution is 7.99. The molecule has 1 aromatic heterocycles. The molecule has 4 heteroatoms. The Morgan fingerprint density at radius 1 is 0.931 bits per heavy atom. The molecule has 1 heterocycles. The average molecular weight is 400 g/mol. The second-order valence-corrected chi connectivity index (χ2v) is 8.08. The van der Waals surface area contributed by atoms with Crippen LogP contribution in [0.3, 0.4) is 0 Å². The van der Waals surface area contributed by atoms with Crippen molar-refractivity contribution in [3.63, 3.8) is 0 Å². The maximum atomic E-state index is 5.65. The minimum Gasteiger partial charge on any atom is -0.330 e. The summed E-state index contributed by atoms with van der Waals surface area (Å²) < 4.78 is 0. The Hall–Kier alpha value is -2.82. The van der Waals surface area contributed by atoms with E-state index in [9.17, 15) is 0 Å². The third-order valence-corrected chi connectivity index (χ3v) is 6.08. The van der Waals surface area contributed by atoms with Crippen molar-refractivity contribution in [2.45, 2.75) is 18.2 Å². The highest BCUT2D eigenvalue weighted by Crippen LogP contribution is 2.36. The Kier molecular flexibility index (Phi) is 6.13. The fourth-order valence-corrected chi connectivity index (χ4v) is 4.35. The van der Waals surface area contributed by atoms with Gasteiger partial charge in [-0.05, 0) is 58.5 Å². The molecule has 0 radical (unpaired) electrons. The maximum Gasteiger partial charge on any atom is 0.0650 e. The van der Waals surface area contributed by atoms with Crippen LogP contribution in [-0.2, 0) is 0 Å². The molecule has 0 saturated carbocycles. The number of hydrogen-bond donors (Lipinski definition) is 2. The summed E-state index contributed by atoms with van der Waals surface area (Å²) in [4.78, 5) is 1.25. The number of hydrogen-bond acceptors (Lipinski definition) is 3. The van der Waals surface area contributed by atoms with Gasteiger partial charge in [0.15, 0.2) is 0 Å². The van der Waals surface area contributed by atoms with Gasteiger partial charge in [-0.2, -0.15) is 5.10 Å². The van der Waals surface area contributed by atoms with Crippen LogP contribution in [0.4, 0.5) is 0 Å². The summed E-state index contributed by atoms with van der Waals surface area (Å²) in [7, 11) is 0. The van der Waals surface area contributed by atoms with Crippen LogP contribution in [0.25, 0.3) is 22.0 Å². The zero-order valence-corrected chi connectivity index (χ0v) is 17.4. The number of nitrogens with one attached hydrogen (secondary N) is 1. The minimum absolute atomic E-state index is 0.691. The lowest BCUT2D eigenvalue weighted by Crippen LogP contribution is -2.00.